The van der Waals surface area contributed by atoms with Gasteiger partial charge in [0.2, 0.25) is 0 Å². The Morgan fingerprint density at radius 1 is 1.19 bits per heavy atom. The Balaban J connectivity index is 2.16. The maximum Gasteiger partial charge on any atom is 0.125 e. The average Bonchev–Trinajstić information content (AvgIpc) is 2.84. The van der Waals surface area contributed by atoms with Crippen molar-refractivity contribution < 1.29 is 0 Å². The summed E-state index contributed by atoms with van der Waals surface area (Å²) < 4.78 is 3.25. The summed E-state index contributed by atoms with van der Waals surface area (Å²) in [6.45, 7) is 4.28. The molecular formula is C17H16BrClN2. The molecule has 1 aromatic heterocycles. The van der Waals surface area contributed by atoms with Crippen molar-refractivity contribution in [3.63, 3.8) is 0 Å². The zero-order valence-electron chi connectivity index (χ0n) is 12.0. The number of halogens is 2. The number of aryl methyl sites for hydroxylation is 1. The highest BCUT2D eigenvalue weighted by Crippen LogP contribution is 2.28. The molecule has 3 rings (SSSR count). The summed E-state index contributed by atoms with van der Waals surface area (Å²) in [6, 6.07) is 15.0. The van der Waals surface area contributed by atoms with Crippen LogP contribution in [-0.2, 0) is 5.88 Å². The Morgan fingerprint density at radius 3 is 2.57 bits per heavy atom. The van der Waals surface area contributed by atoms with Crippen molar-refractivity contribution in [2.75, 3.05) is 0 Å². The highest BCUT2D eigenvalue weighted by atomic mass is 79.9. The van der Waals surface area contributed by atoms with Gasteiger partial charge < -0.3 is 4.57 Å². The van der Waals surface area contributed by atoms with E-state index in [9.17, 15) is 0 Å². The van der Waals surface area contributed by atoms with Gasteiger partial charge in [-0.15, -0.1) is 11.6 Å². The maximum atomic E-state index is 6.11. The first-order valence-corrected chi connectivity index (χ1v) is 8.22. The molecular weight excluding hydrogens is 348 g/mol. The van der Waals surface area contributed by atoms with E-state index in [-0.39, 0.29) is 6.04 Å². The van der Waals surface area contributed by atoms with Crippen LogP contribution in [-0.4, -0.2) is 9.55 Å². The first kappa shape index (κ1) is 14.6. The lowest BCUT2D eigenvalue weighted by atomic mass is 10.1. The van der Waals surface area contributed by atoms with Crippen molar-refractivity contribution in [3.8, 4) is 0 Å². The molecule has 0 aliphatic rings. The van der Waals surface area contributed by atoms with Crippen LogP contribution in [0.2, 0.25) is 0 Å². The van der Waals surface area contributed by atoms with Crippen LogP contribution in [0.1, 0.15) is 29.9 Å². The van der Waals surface area contributed by atoms with Crippen molar-refractivity contribution >= 4 is 38.6 Å². The van der Waals surface area contributed by atoms with E-state index in [1.54, 1.807) is 0 Å². The molecule has 0 bridgehead atoms. The summed E-state index contributed by atoms with van der Waals surface area (Å²) >= 11 is 9.60. The molecule has 0 saturated carbocycles. The monoisotopic (exact) mass is 362 g/mol. The fourth-order valence-corrected chi connectivity index (χ4v) is 3.18. The van der Waals surface area contributed by atoms with Gasteiger partial charge in [-0.3, -0.25) is 0 Å². The predicted octanol–water partition coefficient (Wildman–Crippen LogP) is 5.46. The van der Waals surface area contributed by atoms with Crippen molar-refractivity contribution in [2.24, 2.45) is 0 Å². The fraction of sp³-hybridized carbons (Fsp3) is 0.235. The van der Waals surface area contributed by atoms with Crippen molar-refractivity contribution in [3.05, 3.63) is 63.9 Å². The van der Waals surface area contributed by atoms with E-state index < -0.39 is 0 Å². The quantitative estimate of drug-likeness (QED) is 0.565. The van der Waals surface area contributed by atoms with Gasteiger partial charge in [-0.2, -0.15) is 0 Å². The third-order valence-corrected chi connectivity index (χ3v) is 4.52. The van der Waals surface area contributed by atoms with E-state index in [1.165, 1.54) is 11.1 Å². The summed E-state index contributed by atoms with van der Waals surface area (Å²) in [5.41, 5.74) is 4.61. The second-order valence-corrected chi connectivity index (χ2v) is 6.43. The number of hydrogen-bond donors (Lipinski definition) is 0. The molecule has 0 aliphatic heterocycles. The zero-order chi connectivity index (χ0) is 15.0. The Labute approximate surface area is 137 Å². The predicted molar refractivity (Wildman–Crippen MR) is 92.0 cm³/mol. The largest absolute Gasteiger partial charge is 0.320 e. The molecule has 2 nitrogen and oxygen atoms in total. The van der Waals surface area contributed by atoms with Gasteiger partial charge in [0.05, 0.1) is 23.0 Å². The molecule has 21 heavy (non-hydrogen) atoms. The highest BCUT2D eigenvalue weighted by molar-refractivity contribution is 9.10. The second-order valence-electron chi connectivity index (χ2n) is 5.25. The van der Waals surface area contributed by atoms with Gasteiger partial charge in [-0.1, -0.05) is 45.8 Å². The van der Waals surface area contributed by atoms with E-state index >= 15 is 0 Å². The fourth-order valence-electron chi connectivity index (χ4n) is 2.64. The van der Waals surface area contributed by atoms with Gasteiger partial charge in [-0.05, 0) is 37.6 Å². The van der Waals surface area contributed by atoms with E-state index in [4.69, 9.17) is 11.6 Å². The van der Waals surface area contributed by atoms with Crippen molar-refractivity contribution in [1.29, 1.82) is 0 Å². The number of rotatable bonds is 3. The summed E-state index contributed by atoms with van der Waals surface area (Å²) in [4.78, 5) is 4.66. The lowest BCUT2D eigenvalue weighted by Crippen LogP contribution is -2.09. The molecule has 1 unspecified atom stereocenters. The number of aromatic nitrogens is 2. The minimum Gasteiger partial charge on any atom is -0.320 e. The van der Waals surface area contributed by atoms with Gasteiger partial charge in [0.25, 0.3) is 0 Å². The van der Waals surface area contributed by atoms with Crippen LogP contribution in [0.15, 0.2) is 46.9 Å². The Morgan fingerprint density at radius 2 is 1.90 bits per heavy atom. The minimum absolute atomic E-state index is 0.200. The van der Waals surface area contributed by atoms with Crippen LogP contribution in [0.4, 0.5) is 0 Å². The zero-order valence-corrected chi connectivity index (χ0v) is 14.3. The molecule has 0 amide bonds. The molecule has 0 radical (unpaired) electrons. The molecule has 0 spiro atoms. The SMILES string of the molecule is Cc1ccc(C(C)n2c(CCl)nc3cc(Br)ccc32)cc1. The molecule has 4 heteroatoms. The highest BCUT2D eigenvalue weighted by Gasteiger charge is 2.16. The number of benzene rings is 2. The molecule has 1 heterocycles. The topological polar surface area (TPSA) is 17.8 Å². The van der Waals surface area contributed by atoms with Gasteiger partial charge in [-0.25, -0.2) is 4.98 Å². The second kappa shape index (κ2) is 5.82. The number of fused-ring (bicyclic) bond motifs is 1. The average molecular weight is 364 g/mol. The molecule has 0 aliphatic carbocycles. The summed E-state index contributed by atoms with van der Waals surface area (Å²) in [5, 5.41) is 0. The summed E-state index contributed by atoms with van der Waals surface area (Å²) in [5.74, 6) is 1.31. The van der Waals surface area contributed by atoms with Gasteiger partial charge in [0, 0.05) is 4.47 Å². The number of alkyl halides is 1. The molecule has 2 aromatic carbocycles. The Bertz CT molecular complexity index is 777. The van der Waals surface area contributed by atoms with Crippen LogP contribution in [0, 0.1) is 6.92 Å². The van der Waals surface area contributed by atoms with E-state index in [0.717, 1.165) is 21.3 Å². The normalized spacial score (nSPS) is 12.8. The van der Waals surface area contributed by atoms with Gasteiger partial charge in [0.1, 0.15) is 5.82 Å². The third-order valence-electron chi connectivity index (χ3n) is 3.79. The Kier molecular flexibility index (Phi) is 4.05. The lowest BCUT2D eigenvalue weighted by molar-refractivity contribution is 0.634. The standard InChI is InChI=1S/C17H16BrClN2/c1-11-3-5-13(6-4-11)12(2)21-16-8-7-14(18)9-15(16)20-17(21)10-19/h3-9,12H,10H2,1-2H3. The lowest BCUT2D eigenvalue weighted by Gasteiger charge is -2.17. The smallest absolute Gasteiger partial charge is 0.125 e. The summed E-state index contributed by atoms with van der Waals surface area (Å²) in [7, 11) is 0. The van der Waals surface area contributed by atoms with Crippen molar-refractivity contribution in [1.82, 2.24) is 9.55 Å². The third kappa shape index (κ3) is 2.72. The Hall–Kier alpha value is -1.32. The van der Waals surface area contributed by atoms with Crippen LogP contribution in [0.25, 0.3) is 11.0 Å². The van der Waals surface area contributed by atoms with E-state index in [1.807, 2.05) is 12.1 Å². The van der Waals surface area contributed by atoms with Gasteiger partial charge >= 0.3 is 0 Å². The molecule has 1 atom stereocenters. The number of nitrogens with zero attached hydrogens (tertiary/aromatic N) is 2. The molecule has 0 fully saturated rings. The van der Waals surface area contributed by atoms with Crippen LogP contribution < -0.4 is 0 Å². The molecule has 108 valence electrons. The molecule has 0 N–H and O–H groups in total. The maximum absolute atomic E-state index is 6.11. The first-order valence-electron chi connectivity index (χ1n) is 6.89. The number of hydrogen-bond acceptors (Lipinski definition) is 1. The molecule has 3 aromatic rings. The van der Waals surface area contributed by atoms with Crippen LogP contribution >= 0.6 is 27.5 Å². The summed E-state index contributed by atoms with van der Waals surface area (Å²) in [6.07, 6.45) is 0. The van der Waals surface area contributed by atoms with Crippen LogP contribution in [0.3, 0.4) is 0 Å². The number of imidazole rings is 1. The van der Waals surface area contributed by atoms with Crippen molar-refractivity contribution in [2.45, 2.75) is 25.8 Å². The van der Waals surface area contributed by atoms with E-state index in [0.29, 0.717) is 5.88 Å². The van der Waals surface area contributed by atoms with E-state index in [2.05, 4.69) is 69.7 Å². The van der Waals surface area contributed by atoms with Crippen LogP contribution in [0.5, 0.6) is 0 Å². The molecule has 0 saturated heterocycles. The minimum atomic E-state index is 0.200. The first-order chi connectivity index (χ1) is 10.1. The van der Waals surface area contributed by atoms with Gasteiger partial charge in [0.15, 0.2) is 0 Å².